The molecule has 0 bridgehead atoms. The van der Waals surface area contributed by atoms with Crippen molar-refractivity contribution < 1.29 is 50.0 Å². The fraction of sp³-hybridized carbons (Fsp3) is 0.914. The first-order valence-electron chi connectivity index (χ1n) is 29.2. The van der Waals surface area contributed by atoms with E-state index in [0.29, 0.717) is 12.8 Å². The van der Waals surface area contributed by atoms with E-state index in [1.807, 2.05) is 0 Å². The minimum absolute atomic E-state index is 0.250. The van der Waals surface area contributed by atoms with Gasteiger partial charge in [-0.15, -0.1) is 0 Å². The molecule has 1 saturated heterocycles. The van der Waals surface area contributed by atoms with Gasteiger partial charge < -0.3 is 50.5 Å². The van der Waals surface area contributed by atoms with Crippen molar-refractivity contribution in [3.8, 4) is 0 Å². The normalized spacial score (nSPS) is 20.5. The Bertz CT molecular complexity index is 1170. The van der Waals surface area contributed by atoms with Crippen molar-refractivity contribution in [1.82, 2.24) is 5.32 Å². The Morgan fingerprint density at radius 2 is 0.855 bits per heavy atom. The fourth-order valence-corrected chi connectivity index (χ4v) is 9.44. The molecule has 0 radical (unpaired) electrons. The van der Waals surface area contributed by atoms with Crippen LogP contribution in [0.1, 0.15) is 271 Å². The standard InChI is InChI=1S/C58H111NO10/c1-3-5-7-9-11-13-15-17-19-21-23-24-25-26-28-30-32-34-36-38-40-42-44-46-51(62)57(67)59-49(48-68-58-56(66)55(65)54(64)52(47-60)69-58)53(63)50(61)45-43-41-39-37-35-33-31-29-27-22-20-18-16-14-12-10-8-6-4-2/h26,28,37,39,49-56,58,60-66H,3-25,27,29-36,38,40-48H2,1-2H3,(H,59,67)/b28-26-,39-37+. The van der Waals surface area contributed by atoms with Gasteiger partial charge in [0.15, 0.2) is 6.29 Å². The number of unbranched alkanes of at least 4 members (excludes halogenated alkanes) is 34. The molecule has 1 fully saturated rings. The van der Waals surface area contributed by atoms with Gasteiger partial charge in [-0.05, 0) is 64.2 Å². The van der Waals surface area contributed by atoms with Gasteiger partial charge in [-0.2, -0.15) is 0 Å². The molecule has 0 saturated carbocycles. The number of nitrogens with one attached hydrogen (secondary N) is 1. The van der Waals surface area contributed by atoms with Crippen LogP contribution < -0.4 is 5.32 Å². The number of aliphatic hydroxyl groups excluding tert-OH is 7. The van der Waals surface area contributed by atoms with Gasteiger partial charge >= 0.3 is 0 Å². The summed E-state index contributed by atoms with van der Waals surface area (Å²) in [5, 5.41) is 76.1. The number of carbonyl (C=O) groups is 1. The lowest BCUT2D eigenvalue weighted by Crippen LogP contribution is -2.60. The number of allylic oxidation sites excluding steroid dienone is 4. The summed E-state index contributed by atoms with van der Waals surface area (Å²) in [6.45, 7) is 3.47. The van der Waals surface area contributed by atoms with E-state index < -0.39 is 74.2 Å². The average Bonchev–Trinajstić information content (AvgIpc) is 3.35. The predicted molar refractivity (Wildman–Crippen MR) is 284 cm³/mol. The number of amides is 1. The zero-order chi connectivity index (χ0) is 50.4. The van der Waals surface area contributed by atoms with Crippen molar-refractivity contribution >= 4 is 5.91 Å². The van der Waals surface area contributed by atoms with Gasteiger partial charge in [0.2, 0.25) is 5.91 Å². The molecule has 8 N–H and O–H groups in total. The van der Waals surface area contributed by atoms with Crippen molar-refractivity contribution in [2.45, 2.75) is 326 Å². The number of hydrogen-bond donors (Lipinski definition) is 8. The maximum atomic E-state index is 13.2. The van der Waals surface area contributed by atoms with Crippen LogP contribution in [0, 0.1) is 0 Å². The van der Waals surface area contributed by atoms with Gasteiger partial charge in [0.1, 0.15) is 36.6 Å². The SMILES string of the molecule is CCCCCCCCCCCCCC/C=C\CCCCCCCCCC(O)C(=O)NC(COC1OC(CO)C(O)C(O)C1O)C(O)C(O)CCC/C=C/CCCCCCCCCCCCCCCC. The van der Waals surface area contributed by atoms with E-state index in [4.69, 9.17) is 9.47 Å². The molecule has 11 heteroatoms. The Balaban J connectivity index is 2.33. The van der Waals surface area contributed by atoms with Crippen molar-refractivity contribution in [3.63, 3.8) is 0 Å². The van der Waals surface area contributed by atoms with E-state index in [-0.39, 0.29) is 12.8 Å². The van der Waals surface area contributed by atoms with Gasteiger partial charge in [0.25, 0.3) is 0 Å². The Morgan fingerprint density at radius 1 is 0.493 bits per heavy atom. The number of carbonyl (C=O) groups excluding carboxylic acids is 1. The molecule has 0 aliphatic carbocycles. The maximum absolute atomic E-state index is 13.2. The highest BCUT2D eigenvalue weighted by atomic mass is 16.7. The van der Waals surface area contributed by atoms with Crippen LogP contribution in [0.5, 0.6) is 0 Å². The summed E-state index contributed by atoms with van der Waals surface area (Å²) in [5.74, 6) is -0.707. The van der Waals surface area contributed by atoms with E-state index >= 15 is 0 Å². The summed E-state index contributed by atoms with van der Waals surface area (Å²) in [4.78, 5) is 13.2. The second-order valence-electron chi connectivity index (χ2n) is 20.7. The number of ether oxygens (including phenoxy) is 2. The smallest absolute Gasteiger partial charge is 0.249 e. The van der Waals surface area contributed by atoms with E-state index in [1.54, 1.807) is 0 Å². The Hall–Kier alpha value is -1.41. The largest absolute Gasteiger partial charge is 0.394 e. The lowest BCUT2D eigenvalue weighted by atomic mass is 9.98. The summed E-state index contributed by atoms with van der Waals surface area (Å²) >= 11 is 0. The highest BCUT2D eigenvalue weighted by Gasteiger charge is 2.44. The molecule has 1 aliphatic heterocycles. The molecule has 1 rings (SSSR count). The Morgan fingerprint density at radius 3 is 1.25 bits per heavy atom. The van der Waals surface area contributed by atoms with E-state index in [2.05, 4.69) is 43.5 Å². The first-order valence-corrected chi connectivity index (χ1v) is 29.2. The van der Waals surface area contributed by atoms with Crippen molar-refractivity contribution in [1.29, 1.82) is 0 Å². The van der Waals surface area contributed by atoms with Crippen molar-refractivity contribution in [2.24, 2.45) is 0 Å². The summed E-state index contributed by atoms with van der Waals surface area (Å²) in [5.41, 5.74) is 0. The van der Waals surface area contributed by atoms with Crippen molar-refractivity contribution in [3.05, 3.63) is 24.3 Å². The quantitative estimate of drug-likeness (QED) is 0.0215. The molecule has 0 aromatic carbocycles. The Labute approximate surface area is 423 Å². The van der Waals surface area contributed by atoms with Crippen LogP contribution in [0.25, 0.3) is 0 Å². The second-order valence-corrected chi connectivity index (χ2v) is 20.7. The van der Waals surface area contributed by atoms with Crippen LogP contribution in [0.4, 0.5) is 0 Å². The second kappa shape index (κ2) is 47.6. The average molecular weight is 983 g/mol. The Kier molecular flexibility index (Phi) is 45.2. The van der Waals surface area contributed by atoms with Gasteiger partial charge in [0, 0.05) is 0 Å². The molecule has 9 unspecified atom stereocenters. The number of hydrogen-bond acceptors (Lipinski definition) is 10. The van der Waals surface area contributed by atoms with Gasteiger partial charge in [-0.1, -0.05) is 231 Å². The first kappa shape index (κ1) is 65.6. The van der Waals surface area contributed by atoms with E-state index in [9.17, 15) is 40.5 Å². The zero-order valence-corrected chi connectivity index (χ0v) is 44.6. The molecule has 69 heavy (non-hydrogen) atoms. The summed E-state index contributed by atoms with van der Waals surface area (Å²) in [6.07, 6.45) is 45.2. The third kappa shape index (κ3) is 36.2. The molecule has 11 nitrogen and oxygen atoms in total. The highest BCUT2D eigenvalue weighted by molar-refractivity contribution is 5.80. The lowest BCUT2D eigenvalue weighted by molar-refractivity contribution is -0.303. The van der Waals surface area contributed by atoms with Gasteiger partial charge in [-0.25, -0.2) is 0 Å². The third-order valence-corrected chi connectivity index (χ3v) is 14.2. The minimum Gasteiger partial charge on any atom is -0.394 e. The first-order chi connectivity index (χ1) is 33.7. The molecule has 1 heterocycles. The molecule has 408 valence electrons. The molecule has 0 aromatic rings. The maximum Gasteiger partial charge on any atom is 0.249 e. The number of rotatable bonds is 50. The highest BCUT2D eigenvalue weighted by Crippen LogP contribution is 2.23. The van der Waals surface area contributed by atoms with Gasteiger partial charge in [0.05, 0.1) is 25.4 Å². The van der Waals surface area contributed by atoms with Crippen LogP contribution >= 0.6 is 0 Å². The minimum atomic E-state index is -1.67. The summed E-state index contributed by atoms with van der Waals surface area (Å²) in [7, 11) is 0. The van der Waals surface area contributed by atoms with Crippen LogP contribution in [-0.4, -0.2) is 110 Å². The van der Waals surface area contributed by atoms with E-state index in [0.717, 1.165) is 44.9 Å². The monoisotopic (exact) mass is 982 g/mol. The summed E-state index contributed by atoms with van der Waals surface area (Å²) in [6, 6.07) is -1.19. The van der Waals surface area contributed by atoms with Crippen LogP contribution in [0.15, 0.2) is 24.3 Å². The molecule has 9 atom stereocenters. The lowest BCUT2D eigenvalue weighted by Gasteiger charge is -2.40. The van der Waals surface area contributed by atoms with E-state index in [1.165, 1.54) is 186 Å². The topological polar surface area (TPSA) is 189 Å². The molecule has 0 spiro atoms. The summed E-state index contributed by atoms with van der Waals surface area (Å²) < 4.78 is 11.1. The third-order valence-electron chi connectivity index (χ3n) is 14.2. The molecular formula is C58H111NO10. The van der Waals surface area contributed by atoms with Gasteiger partial charge in [-0.3, -0.25) is 4.79 Å². The fourth-order valence-electron chi connectivity index (χ4n) is 9.44. The van der Waals surface area contributed by atoms with Crippen LogP contribution in [-0.2, 0) is 14.3 Å². The predicted octanol–water partition coefficient (Wildman–Crippen LogP) is 12.1. The molecular weight excluding hydrogens is 871 g/mol. The van der Waals surface area contributed by atoms with Crippen LogP contribution in [0.2, 0.25) is 0 Å². The molecule has 0 aromatic heterocycles. The molecule has 1 aliphatic rings. The van der Waals surface area contributed by atoms with Crippen LogP contribution in [0.3, 0.4) is 0 Å². The molecule has 1 amide bonds. The number of aliphatic hydroxyl groups is 7. The van der Waals surface area contributed by atoms with Crippen molar-refractivity contribution in [2.75, 3.05) is 13.2 Å². The zero-order valence-electron chi connectivity index (χ0n) is 44.6.